The van der Waals surface area contributed by atoms with Crippen molar-refractivity contribution >= 4 is 43.8 Å². The molecule has 0 bridgehead atoms. The highest BCUT2D eigenvalue weighted by molar-refractivity contribution is 7.93. The van der Waals surface area contributed by atoms with Gasteiger partial charge >= 0.3 is 0 Å². The number of rotatable bonds is 3. The van der Waals surface area contributed by atoms with Crippen molar-refractivity contribution in [2.75, 3.05) is 10.5 Å². The highest BCUT2D eigenvalue weighted by Gasteiger charge is 2.20. The summed E-state index contributed by atoms with van der Waals surface area (Å²) in [5, 5.41) is 3.97. The summed E-state index contributed by atoms with van der Waals surface area (Å²) < 4.78 is 30.1. The lowest BCUT2D eigenvalue weighted by Crippen LogP contribution is -2.13. The van der Waals surface area contributed by atoms with E-state index in [2.05, 4.69) is 14.3 Å². The average molecular weight is 305 g/mol. The minimum Gasteiger partial charge on any atom is -0.398 e. The van der Waals surface area contributed by atoms with E-state index in [-0.39, 0.29) is 9.92 Å². The fourth-order valence-corrected chi connectivity index (χ4v) is 3.58. The topological polar surface area (TPSA) is 98.0 Å². The molecule has 0 aliphatic carbocycles. The summed E-state index contributed by atoms with van der Waals surface area (Å²) in [7, 11) is -3.78. The zero-order valence-electron chi connectivity index (χ0n) is 9.21. The van der Waals surface area contributed by atoms with Crippen LogP contribution in [0.15, 0.2) is 23.2 Å². The van der Waals surface area contributed by atoms with Crippen LogP contribution in [0, 0.1) is 6.92 Å². The van der Waals surface area contributed by atoms with Gasteiger partial charge < -0.3 is 5.73 Å². The summed E-state index contributed by atoms with van der Waals surface area (Å²) >= 11 is 6.86. The molecule has 0 unspecified atom stereocenters. The Kier molecular flexibility index (Phi) is 3.42. The normalized spacial score (nSPS) is 11.4. The number of nitrogens with one attached hydrogen (secondary N) is 1. The number of nitrogen functional groups attached to an aromatic ring is 1. The molecule has 1 aromatic heterocycles. The smallest absolute Gasteiger partial charge is 0.264 e. The SMILES string of the molecule is Cc1cc(Cl)c(S(=O)(=O)Nc2cnns2)cc1N. The van der Waals surface area contributed by atoms with Gasteiger partial charge in [0.2, 0.25) is 0 Å². The molecule has 18 heavy (non-hydrogen) atoms. The highest BCUT2D eigenvalue weighted by Crippen LogP contribution is 2.28. The van der Waals surface area contributed by atoms with Crippen LogP contribution in [-0.4, -0.2) is 18.0 Å². The van der Waals surface area contributed by atoms with Gasteiger partial charge in [0.1, 0.15) is 9.90 Å². The molecule has 0 saturated heterocycles. The highest BCUT2D eigenvalue weighted by atomic mass is 35.5. The van der Waals surface area contributed by atoms with Crippen molar-refractivity contribution < 1.29 is 8.42 Å². The van der Waals surface area contributed by atoms with Crippen molar-refractivity contribution in [2.24, 2.45) is 0 Å². The van der Waals surface area contributed by atoms with Crippen LogP contribution in [0.25, 0.3) is 0 Å². The van der Waals surface area contributed by atoms with Crippen molar-refractivity contribution in [1.29, 1.82) is 0 Å². The first kappa shape index (κ1) is 13.1. The molecule has 6 nitrogen and oxygen atoms in total. The largest absolute Gasteiger partial charge is 0.398 e. The second-order valence-corrected chi connectivity index (χ2v) is 6.37. The molecular formula is C9H9ClN4O2S2. The summed E-state index contributed by atoms with van der Waals surface area (Å²) in [6.07, 6.45) is 1.31. The van der Waals surface area contributed by atoms with Crippen molar-refractivity contribution in [2.45, 2.75) is 11.8 Å². The van der Waals surface area contributed by atoms with E-state index in [0.717, 1.165) is 17.1 Å². The molecule has 0 radical (unpaired) electrons. The van der Waals surface area contributed by atoms with Gasteiger partial charge in [-0.15, -0.1) is 5.10 Å². The molecule has 0 saturated carbocycles. The van der Waals surface area contributed by atoms with E-state index < -0.39 is 10.0 Å². The Hall–Kier alpha value is -1.38. The van der Waals surface area contributed by atoms with Gasteiger partial charge in [0.25, 0.3) is 10.0 Å². The first-order valence-electron chi connectivity index (χ1n) is 4.76. The molecule has 0 aliphatic heterocycles. The second kappa shape index (κ2) is 4.71. The van der Waals surface area contributed by atoms with E-state index in [1.165, 1.54) is 18.3 Å². The number of hydrogen-bond donors (Lipinski definition) is 2. The monoisotopic (exact) mass is 304 g/mol. The molecule has 0 amide bonds. The second-order valence-electron chi connectivity index (χ2n) is 3.53. The first-order valence-corrected chi connectivity index (χ1v) is 7.39. The molecular weight excluding hydrogens is 296 g/mol. The van der Waals surface area contributed by atoms with Crippen LogP contribution in [0.3, 0.4) is 0 Å². The average Bonchev–Trinajstić information content (AvgIpc) is 2.75. The number of aryl methyl sites for hydroxylation is 1. The maximum absolute atomic E-state index is 12.1. The van der Waals surface area contributed by atoms with Crippen LogP contribution in [0.5, 0.6) is 0 Å². The van der Waals surface area contributed by atoms with Crippen molar-refractivity contribution in [3.8, 4) is 0 Å². The lowest BCUT2D eigenvalue weighted by Gasteiger charge is -2.09. The van der Waals surface area contributed by atoms with Gasteiger partial charge in [0.05, 0.1) is 11.2 Å². The number of nitrogens with zero attached hydrogens (tertiary/aromatic N) is 2. The molecule has 9 heteroatoms. The Morgan fingerprint density at radius 1 is 1.44 bits per heavy atom. The Morgan fingerprint density at radius 3 is 2.78 bits per heavy atom. The van der Waals surface area contributed by atoms with E-state index in [1.54, 1.807) is 6.92 Å². The molecule has 0 fully saturated rings. The minimum atomic E-state index is -3.78. The molecule has 2 aromatic rings. The molecule has 0 atom stereocenters. The summed E-state index contributed by atoms with van der Waals surface area (Å²) in [4.78, 5) is -0.0688. The molecule has 0 aliphatic rings. The van der Waals surface area contributed by atoms with Gasteiger partial charge in [0, 0.05) is 17.2 Å². The zero-order chi connectivity index (χ0) is 13.3. The van der Waals surface area contributed by atoms with Crippen LogP contribution < -0.4 is 10.5 Å². The molecule has 1 aromatic carbocycles. The Balaban J connectivity index is 2.44. The lowest BCUT2D eigenvalue weighted by atomic mass is 10.2. The van der Waals surface area contributed by atoms with E-state index >= 15 is 0 Å². The van der Waals surface area contributed by atoms with E-state index in [0.29, 0.717) is 10.7 Å². The summed E-state index contributed by atoms with van der Waals surface area (Å²) in [5.74, 6) is 0. The third-order valence-electron chi connectivity index (χ3n) is 2.21. The van der Waals surface area contributed by atoms with Gasteiger partial charge in [0.15, 0.2) is 0 Å². The molecule has 96 valence electrons. The quantitative estimate of drug-likeness (QED) is 0.844. The minimum absolute atomic E-state index is 0.0688. The first-order chi connectivity index (χ1) is 8.40. The fraction of sp³-hybridized carbons (Fsp3) is 0.111. The Bertz CT molecular complexity index is 670. The fourth-order valence-electron chi connectivity index (χ4n) is 1.27. The van der Waals surface area contributed by atoms with Crippen molar-refractivity contribution in [1.82, 2.24) is 9.59 Å². The number of aromatic nitrogens is 2. The van der Waals surface area contributed by atoms with Gasteiger partial charge in [-0.05, 0) is 24.6 Å². The molecule has 0 spiro atoms. The van der Waals surface area contributed by atoms with Crippen LogP contribution in [-0.2, 0) is 10.0 Å². The zero-order valence-corrected chi connectivity index (χ0v) is 11.6. The van der Waals surface area contributed by atoms with Crippen molar-refractivity contribution in [3.63, 3.8) is 0 Å². The maximum Gasteiger partial charge on any atom is 0.264 e. The van der Waals surface area contributed by atoms with E-state index in [4.69, 9.17) is 17.3 Å². The molecule has 3 N–H and O–H groups in total. The summed E-state index contributed by atoms with van der Waals surface area (Å²) in [6.45, 7) is 1.75. The standard InChI is InChI=1S/C9H9ClN4O2S2/c1-5-2-6(10)8(3-7(5)11)18(15,16)13-9-4-12-14-17-9/h2-4,13H,11H2,1H3. The third kappa shape index (κ3) is 2.55. The number of benzene rings is 1. The van der Waals surface area contributed by atoms with Crippen LogP contribution >= 0.6 is 23.1 Å². The Morgan fingerprint density at radius 2 is 2.17 bits per heavy atom. The molecule has 1 heterocycles. The Labute approximate surface area is 113 Å². The number of sulfonamides is 1. The van der Waals surface area contributed by atoms with Gasteiger partial charge in [-0.3, -0.25) is 4.72 Å². The van der Waals surface area contributed by atoms with E-state index in [9.17, 15) is 8.42 Å². The number of halogens is 1. The van der Waals surface area contributed by atoms with Crippen LogP contribution in [0.1, 0.15) is 5.56 Å². The third-order valence-corrected chi connectivity index (χ3v) is 4.75. The van der Waals surface area contributed by atoms with Gasteiger partial charge in [-0.1, -0.05) is 16.1 Å². The predicted molar refractivity (Wildman–Crippen MR) is 71.3 cm³/mol. The van der Waals surface area contributed by atoms with Crippen LogP contribution in [0.4, 0.5) is 10.7 Å². The number of hydrogen-bond acceptors (Lipinski definition) is 6. The van der Waals surface area contributed by atoms with Gasteiger partial charge in [-0.2, -0.15) is 0 Å². The molecule has 2 rings (SSSR count). The van der Waals surface area contributed by atoms with Crippen molar-refractivity contribution in [3.05, 3.63) is 28.9 Å². The predicted octanol–water partition coefficient (Wildman–Crippen LogP) is 1.88. The number of nitrogens with two attached hydrogens (primary N) is 1. The van der Waals surface area contributed by atoms with Gasteiger partial charge in [-0.25, -0.2) is 8.42 Å². The summed E-state index contributed by atoms with van der Waals surface area (Å²) in [6, 6.07) is 2.84. The lowest BCUT2D eigenvalue weighted by molar-refractivity contribution is 0.601. The van der Waals surface area contributed by atoms with E-state index in [1.807, 2.05) is 0 Å². The number of anilines is 2. The van der Waals surface area contributed by atoms with Crippen LogP contribution in [0.2, 0.25) is 5.02 Å². The maximum atomic E-state index is 12.1. The summed E-state index contributed by atoms with van der Waals surface area (Å²) in [5.41, 5.74) is 6.77.